The molecule has 2 aliphatic carbocycles. The molecule has 3 heterocycles. The minimum atomic E-state index is -0.205. The molecule has 2 aliphatic heterocycles. The lowest BCUT2D eigenvalue weighted by Gasteiger charge is -2.43. The number of amides is 1. The second kappa shape index (κ2) is 11.1. The maximum atomic E-state index is 12.5. The topological polar surface area (TPSA) is 85.6 Å². The zero-order valence-corrected chi connectivity index (χ0v) is 24.8. The summed E-state index contributed by atoms with van der Waals surface area (Å²) in [5.41, 5.74) is 8.19. The SMILES string of the molecule is C=CC(=O)N1CCN(c2nc(OC[C@@H]3CCCN3C)nc3c2CCC2(CCc4cc(C)cc(C)c42)C3)C[C@@H]1CC#N. The predicted octanol–water partition coefficient (Wildman–Crippen LogP) is 4.06. The van der Waals surface area contributed by atoms with E-state index in [0.717, 1.165) is 56.6 Å². The highest BCUT2D eigenvalue weighted by molar-refractivity contribution is 5.87. The summed E-state index contributed by atoms with van der Waals surface area (Å²) in [6, 6.07) is 7.62. The number of aromatic nitrogens is 2. The van der Waals surface area contributed by atoms with Gasteiger partial charge in [0.05, 0.1) is 24.2 Å². The average molecular weight is 555 g/mol. The molecule has 8 nitrogen and oxygen atoms in total. The van der Waals surface area contributed by atoms with Gasteiger partial charge in [0, 0.05) is 43.1 Å². The first-order valence-electron chi connectivity index (χ1n) is 15.2. The van der Waals surface area contributed by atoms with Gasteiger partial charge in [-0.2, -0.15) is 15.2 Å². The summed E-state index contributed by atoms with van der Waals surface area (Å²) in [5, 5.41) is 9.53. The number of anilines is 1. The first kappa shape index (κ1) is 27.7. The predicted molar refractivity (Wildman–Crippen MR) is 159 cm³/mol. The molecule has 216 valence electrons. The molecule has 6 rings (SSSR count). The van der Waals surface area contributed by atoms with Crippen LogP contribution in [0.15, 0.2) is 24.8 Å². The van der Waals surface area contributed by atoms with Gasteiger partial charge in [-0.25, -0.2) is 0 Å². The summed E-state index contributed by atoms with van der Waals surface area (Å²) in [6.07, 6.45) is 9.11. The molecule has 1 aromatic carbocycles. The van der Waals surface area contributed by atoms with E-state index >= 15 is 0 Å². The number of hydrogen-bond donors (Lipinski definition) is 0. The molecule has 0 saturated carbocycles. The Labute approximate surface area is 244 Å². The van der Waals surface area contributed by atoms with Crippen LogP contribution in [0.3, 0.4) is 0 Å². The van der Waals surface area contributed by atoms with Gasteiger partial charge in [-0.1, -0.05) is 24.3 Å². The Morgan fingerprint density at radius 3 is 2.78 bits per heavy atom. The Kier molecular flexibility index (Phi) is 7.50. The van der Waals surface area contributed by atoms with Crippen molar-refractivity contribution in [1.82, 2.24) is 19.8 Å². The van der Waals surface area contributed by atoms with Crippen molar-refractivity contribution >= 4 is 11.7 Å². The number of nitriles is 1. The fourth-order valence-electron chi connectivity index (χ4n) is 8.03. The molecular formula is C33H42N6O2. The van der Waals surface area contributed by atoms with Gasteiger partial charge in [0.2, 0.25) is 5.91 Å². The first-order valence-corrected chi connectivity index (χ1v) is 15.2. The van der Waals surface area contributed by atoms with Gasteiger partial charge in [-0.3, -0.25) is 4.79 Å². The van der Waals surface area contributed by atoms with E-state index in [1.54, 1.807) is 4.90 Å². The second-order valence-electron chi connectivity index (χ2n) is 12.6. The zero-order chi connectivity index (χ0) is 28.7. The number of nitrogens with zero attached hydrogens (tertiary/aromatic N) is 6. The standard InChI is InChI=1S/C33H42N6O2/c1-5-29(40)39-16-15-38(20-25(39)10-13-34)31-27-9-12-33(11-8-24-18-22(2)17-23(3)30(24)33)19-28(27)35-32(36-31)41-21-26-7-6-14-37(26)4/h5,17-18,25-26H,1,6-12,14-16,19-21H2,2-4H3/t25-,26-,33?/m0/s1. The van der Waals surface area contributed by atoms with Crippen LogP contribution in [-0.2, 0) is 29.5 Å². The van der Waals surface area contributed by atoms with Gasteiger partial charge in [0.25, 0.3) is 0 Å². The van der Waals surface area contributed by atoms with E-state index in [1.807, 2.05) is 0 Å². The van der Waals surface area contributed by atoms with Crippen molar-refractivity contribution in [3.05, 3.63) is 58.3 Å². The molecular weight excluding hydrogens is 512 g/mol. The molecule has 1 unspecified atom stereocenters. The number of carbonyl (C=O) groups excluding carboxylic acids is 1. The quantitative estimate of drug-likeness (QED) is 0.498. The Balaban J connectivity index is 1.35. The second-order valence-corrected chi connectivity index (χ2v) is 12.6. The summed E-state index contributed by atoms with van der Waals surface area (Å²) >= 11 is 0. The highest BCUT2D eigenvalue weighted by atomic mass is 16.5. The maximum Gasteiger partial charge on any atom is 0.318 e. The molecule has 1 aromatic heterocycles. The summed E-state index contributed by atoms with van der Waals surface area (Å²) in [5.74, 6) is 0.805. The Morgan fingerprint density at radius 1 is 1.20 bits per heavy atom. The molecule has 3 atom stereocenters. The van der Waals surface area contributed by atoms with Gasteiger partial charge in [-0.15, -0.1) is 0 Å². The molecule has 8 heteroatoms. The van der Waals surface area contributed by atoms with Crippen LogP contribution < -0.4 is 9.64 Å². The van der Waals surface area contributed by atoms with Gasteiger partial charge in [-0.05, 0) is 88.7 Å². The third-order valence-corrected chi connectivity index (χ3v) is 10.0. The molecule has 1 amide bonds. The van der Waals surface area contributed by atoms with E-state index in [2.05, 4.69) is 55.5 Å². The number of fused-ring (bicyclic) bond motifs is 3. The molecule has 1 spiro atoms. The van der Waals surface area contributed by atoms with Crippen LogP contribution >= 0.6 is 0 Å². The molecule has 0 bridgehead atoms. The first-order chi connectivity index (χ1) is 19.8. The number of aryl methyl sites for hydroxylation is 3. The molecule has 0 N–H and O–H groups in total. The number of hydrogen-bond acceptors (Lipinski definition) is 7. The van der Waals surface area contributed by atoms with Crippen molar-refractivity contribution in [3.63, 3.8) is 0 Å². The fourth-order valence-corrected chi connectivity index (χ4v) is 8.03. The van der Waals surface area contributed by atoms with Crippen LogP contribution in [0.4, 0.5) is 5.82 Å². The zero-order valence-electron chi connectivity index (χ0n) is 24.8. The van der Waals surface area contributed by atoms with Gasteiger partial charge < -0.3 is 19.4 Å². The van der Waals surface area contributed by atoms with Gasteiger partial charge in [0.15, 0.2) is 0 Å². The minimum absolute atomic E-state index is 0.104. The number of ether oxygens (including phenoxy) is 1. The number of rotatable bonds is 6. The van der Waals surface area contributed by atoms with Crippen molar-refractivity contribution in [2.75, 3.05) is 44.7 Å². The van der Waals surface area contributed by atoms with Crippen LogP contribution in [-0.4, -0.2) is 77.6 Å². The van der Waals surface area contributed by atoms with Crippen LogP contribution in [0.5, 0.6) is 6.01 Å². The monoisotopic (exact) mass is 554 g/mol. The number of likely N-dealkylation sites (N-methyl/N-ethyl adjacent to an activating group) is 1. The Morgan fingerprint density at radius 2 is 2.02 bits per heavy atom. The van der Waals surface area contributed by atoms with E-state index in [9.17, 15) is 10.1 Å². The largest absolute Gasteiger partial charge is 0.462 e. The highest BCUT2D eigenvalue weighted by Gasteiger charge is 2.44. The van der Waals surface area contributed by atoms with Crippen molar-refractivity contribution in [2.24, 2.45) is 0 Å². The lowest BCUT2D eigenvalue weighted by molar-refractivity contribution is -0.128. The third kappa shape index (κ3) is 5.10. The van der Waals surface area contributed by atoms with Gasteiger partial charge in [0.1, 0.15) is 12.4 Å². The van der Waals surface area contributed by atoms with Crippen molar-refractivity contribution in [1.29, 1.82) is 5.26 Å². The summed E-state index contributed by atoms with van der Waals surface area (Å²) in [6.45, 7) is 11.6. The molecule has 41 heavy (non-hydrogen) atoms. The van der Waals surface area contributed by atoms with Crippen LogP contribution in [0, 0.1) is 25.2 Å². The van der Waals surface area contributed by atoms with E-state index in [4.69, 9.17) is 14.7 Å². The summed E-state index contributed by atoms with van der Waals surface area (Å²) < 4.78 is 6.35. The van der Waals surface area contributed by atoms with Crippen LogP contribution in [0.25, 0.3) is 0 Å². The normalized spacial score (nSPS) is 25.6. The molecule has 2 aromatic rings. The number of carbonyl (C=O) groups is 1. The summed E-state index contributed by atoms with van der Waals surface area (Å²) in [7, 11) is 2.16. The smallest absolute Gasteiger partial charge is 0.318 e. The van der Waals surface area contributed by atoms with E-state index in [-0.39, 0.29) is 23.8 Å². The minimum Gasteiger partial charge on any atom is -0.462 e. The van der Waals surface area contributed by atoms with Crippen molar-refractivity contribution < 1.29 is 9.53 Å². The molecule has 2 fully saturated rings. The van der Waals surface area contributed by atoms with E-state index < -0.39 is 0 Å². The molecule has 2 saturated heterocycles. The Hall–Kier alpha value is -3.44. The van der Waals surface area contributed by atoms with Gasteiger partial charge >= 0.3 is 6.01 Å². The van der Waals surface area contributed by atoms with E-state index in [0.29, 0.717) is 38.3 Å². The summed E-state index contributed by atoms with van der Waals surface area (Å²) in [4.78, 5) is 29.1. The third-order valence-electron chi connectivity index (χ3n) is 10.0. The highest BCUT2D eigenvalue weighted by Crippen LogP contribution is 2.50. The number of likely N-dealkylation sites (tertiary alicyclic amines) is 1. The molecule has 4 aliphatic rings. The lowest BCUT2D eigenvalue weighted by atomic mass is 9.68. The average Bonchev–Trinajstić information content (AvgIpc) is 3.53. The number of benzene rings is 1. The van der Waals surface area contributed by atoms with E-state index in [1.165, 1.54) is 40.3 Å². The van der Waals surface area contributed by atoms with Crippen molar-refractivity contribution in [3.8, 4) is 12.1 Å². The lowest BCUT2D eigenvalue weighted by Crippen LogP contribution is -2.55. The number of piperazine rings is 1. The Bertz CT molecular complexity index is 1400. The van der Waals surface area contributed by atoms with Crippen LogP contribution in [0.2, 0.25) is 0 Å². The maximum absolute atomic E-state index is 12.5. The molecule has 0 radical (unpaired) electrons. The van der Waals surface area contributed by atoms with Crippen molar-refractivity contribution in [2.45, 2.75) is 82.7 Å². The van der Waals surface area contributed by atoms with Crippen LogP contribution in [0.1, 0.15) is 65.6 Å². The fraction of sp³-hybridized carbons (Fsp3) is 0.576.